The Morgan fingerprint density at radius 1 is 1.28 bits per heavy atom. The van der Waals surface area contributed by atoms with Crippen molar-refractivity contribution >= 4 is 35.0 Å². The van der Waals surface area contributed by atoms with Gasteiger partial charge in [-0.25, -0.2) is 0 Å². The molecular weight excluding hydrogens is 250 g/mol. The van der Waals surface area contributed by atoms with E-state index < -0.39 is 0 Å². The van der Waals surface area contributed by atoms with Gasteiger partial charge in [0.05, 0.1) is 11.5 Å². The van der Waals surface area contributed by atoms with Gasteiger partial charge in [0.25, 0.3) is 0 Å². The Morgan fingerprint density at radius 2 is 2.00 bits per heavy atom. The molecule has 1 rings (SSSR count). The Kier molecular flexibility index (Phi) is 6.07. The quantitative estimate of drug-likeness (QED) is 0.673. The molecule has 0 heterocycles. The molecule has 98 valence electrons. The third kappa shape index (κ3) is 5.58. The fourth-order valence-corrected chi connectivity index (χ4v) is 1.95. The molecule has 5 nitrogen and oxygen atoms in total. The molecule has 1 aromatic rings. The van der Waals surface area contributed by atoms with Crippen LogP contribution in [-0.4, -0.2) is 29.9 Å². The average Bonchev–Trinajstić information content (AvgIpc) is 2.29. The van der Waals surface area contributed by atoms with Gasteiger partial charge in [0.15, 0.2) is 0 Å². The molecule has 6 heteroatoms. The summed E-state index contributed by atoms with van der Waals surface area (Å²) in [7, 11) is 0. The van der Waals surface area contributed by atoms with Crippen molar-refractivity contribution in [2.75, 3.05) is 29.1 Å². The van der Waals surface area contributed by atoms with E-state index in [0.29, 0.717) is 17.9 Å². The third-order valence-electron chi connectivity index (χ3n) is 2.01. The number of benzene rings is 1. The molecule has 0 saturated carbocycles. The second kappa shape index (κ2) is 7.60. The van der Waals surface area contributed by atoms with E-state index in [4.69, 9.17) is 5.73 Å². The third-order valence-corrected chi connectivity index (χ3v) is 2.94. The first-order valence-corrected chi connectivity index (χ1v) is 6.77. The Balaban J connectivity index is 2.28. The van der Waals surface area contributed by atoms with Crippen molar-refractivity contribution in [3.05, 3.63) is 24.3 Å². The molecule has 0 unspecified atom stereocenters. The zero-order valence-corrected chi connectivity index (χ0v) is 11.0. The summed E-state index contributed by atoms with van der Waals surface area (Å²) in [6, 6.07) is 6.97. The van der Waals surface area contributed by atoms with Crippen molar-refractivity contribution in [2.24, 2.45) is 0 Å². The number of carbonyl (C=O) groups excluding carboxylic acids is 2. The monoisotopic (exact) mass is 267 g/mol. The van der Waals surface area contributed by atoms with Crippen molar-refractivity contribution in [3.8, 4) is 0 Å². The summed E-state index contributed by atoms with van der Waals surface area (Å²) in [6.07, 6.45) is 0. The van der Waals surface area contributed by atoms with Crippen LogP contribution in [0.1, 0.15) is 6.92 Å². The van der Waals surface area contributed by atoms with Gasteiger partial charge in [-0.05, 0) is 25.1 Å². The van der Waals surface area contributed by atoms with E-state index >= 15 is 0 Å². The smallest absolute Gasteiger partial charge is 0.234 e. The molecule has 18 heavy (non-hydrogen) atoms. The normalized spacial score (nSPS) is 9.83. The molecule has 1 aromatic carbocycles. The second-order valence-corrected chi connectivity index (χ2v) is 4.61. The molecule has 0 aliphatic carbocycles. The van der Waals surface area contributed by atoms with Crippen molar-refractivity contribution in [1.82, 2.24) is 5.32 Å². The topological polar surface area (TPSA) is 84.2 Å². The van der Waals surface area contributed by atoms with Crippen LogP contribution in [0.2, 0.25) is 0 Å². The van der Waals surface area contributed by atoms with Gasteiger partial charge in [0, 0.05) is 17.9 Å². The summed E-state index contributed by atoms with van der Waals surface area (Å²) in [5.74, 6) is 0.332. The highest BCUT2D eigenvalue weighted by molar-refractivity contribution is 8.00. The van der Waals surface area contributed by atoms with Crippen LogP contribution in [-0.2, 0) is 9.59 Å². The van der Waals surface area contributed by atoms with Crippen LogP contribution < -0.4 is 16.4 Å². The maximum absolute atomic E-state index is 11.6. The van der Waals surface area contributed by atoms with E-state index in [1.54, 1.807) is 24.3 Å². The molecule has 0 radical (unpaired) electrons. The van der Waals surface area contributed by atoms with Crippen LogP contribution >= 0.6 is 11.8 Å². The SMILES string of the molecule is CCNC(=O)CSCC(=O)Nc1cccc(N)c1. The first-order chi connectivity index (χ1) is 8.61. The number of hydrogen-bond acceptors (Lipinski definition) is 4. The molecular formula is C12H17N3O2S. The Labute approximate surface area is 111 Å². The lowest BCUT2D eigenvalue weighted by atomic mass is 10.3. The van der Waals surface area contributed by atoms with Crippen molar-refractivity contribution < 1.29 is 9.59 Å². The van der Waals surface area contributed by atoms with Crippen LogP contribution in [0.15, 0.2) is 24.3 Å². The van der Waals surface area contributed by atoms with Gasteiger partial charge in [0.2, 0.25) is 11.8 Å². The number of thioether (sulfide) groups is 1. The Hall–Kier alpha value is -1.69. The molecule has 0 saturated heterocycles. The average molecular weight is 267 g/mol. The molecule has 0 spiro atoms. The van der Waals surface area contributed by atoms with Gasteiger partial charge in [-0.2, -0.15) is 0 Å². The molecule has 0 bridgehead atoms. The van der Waals surface area contributed by atoms with Crippen molar-refractivity contribution in [2.45, 2.75) is 6.92 Å². The first-order valence-electron chi connectivity index (χ1n) is 5.61. The molecule has 0 aliphatic rings. The number of rotatable bonds is 6. The number of amides is 2. The lowest BCUT2D eigenvalue weighted by molar-refractivity contribution is -0.118. The van der Waals surface area contributed by atoms with Gasteiger partial charge in [-0.3, -0.25) is 9.59 Å². The van der Waals surface area contributed by atoms with Gasteiger partial charge >= 0.3 is 0 Å². The number of hydrogen-bond donors (Lipinski definition) is 3. The first kappa shape index (κ1) is 14.4. The van der Waals surface area contributed by atoms with E-state index in [0.717, 1.165) is 0 Å². The van der Waals surface area contributed by atoms with Crippen molar-refractivity contribution in [1.29, 1.82) is 0 Å². The highest BCUT2D eigenvalue weighted by Gasteiger charge is 2.05. The van der Waals surface area contributed by atoms with Crippen LogP contribution in [0, 0.1) is 0 Å². The molecule has 0 atom stereocenters. The van der Waals surface area contributed by atoms with Crippen molar-refractivity contribution in [3.63, 3.8) is 0 Å². The van der Waals surface area contributed by atoms with Crippen LogP contribution in [0.25, 0.3) is 0 Å². The van der Waals surface area contributed by atoms with Gasteiger partial charge in [-0.15, -0.1) is 11.8 Å². The number of nitrogens with one attached hydrogen (secondary N) is 2. The Bertz CT molecular complexity index is 424. The summed E-state index contributed by atoms with van der Waals surface area (Å²) in [5, 5.41) is 5.39. The van der Waals surface area contributed by atoms with Crippen LogP contribution in [0.5, 0.6) is 0 Å². The summed E-state index contributed by atoms with van der Waals surface area (Å²) in [6.45, 7) is 2.46. The predicted octanol–water partition coefficient (Wildman–Crippen LogP) is 1.08. The lowest BCUT2D eigenvalue weighted by Crippen LogP contribution is -2.25. The number of nitrogen functional groups attached to an aromatic ring is 1. The van der Waals surface area contributed by atoms with Gasteiger partial charge in [-0.1, -0.05) is 6.07 Å². The molecule has 0 aromatic heterocycles. The van der Waals surface area contributed by atoms with E-state index in [1.807, 2.05) is 6.92 Å². The molecule has 0 fully saturated rings. The fraction of sp³-hybridized carbons (Fsp3) is 0.333. The minimum Gasteiger partial charge on any atom is -0.399 e. The minimum absolute atomic E-state index is 0.0562. The lowest BCUT2D eigenvalue weighted by Gasteiger charge is -2.05. The predicted molar refractivity (Wildman–Crippen MR) is 75.5 cm³/mol. The summed E-state index contributed by atoms with van der Waals surface area (Å²) in [4.78, 5) is 22.7. The zero-order chi connectivity index (χ0) is 13.4. The Morgan fingerprint density at radius 3 is 2.67 bits per heavy atom. The maximum Gasteiger partial charge on any atom is 0.234 e. The standard InChI is InChI=1S/C12H17N3O2S/c1-2-14-11(16)7-18-8-12(17)15-10-5-3-4-9(13)6-10/h3-6H,2,7-8,13H2,1H3,(H,14,16)(H,15,17). The molecule has 4 N–H and O–H groups in total. The minimum atomic E-state index is -0.144. The van der Waals surface area contributed by atoms with Crippen LogP contribution in [0.4, 0.5) is 11.4 Å². The highest BCUT2D eigenvalue weighted by Crippen LogP contribution is 2.12. The van der Waals surface area contributed by atoms with E-state index in [1.165, 1.54) is 11.8 Å². The molecule has 2 amide bonds. The highest BCUT2D eigenvalue weighted by atomic mass is 32.2. The number of nitrogens with two attached hydrogens (primary N) is 1. The second-order valence-electron chi connectivity index (χ2n) is 3.62. The summed E-state index contributed by atoms with van der Waals surface area (Å²) in [5.41, 5.74) is 6.86. The van der Waals surface area contributed by atoms with E-state index in [-0.39, 0.29) is 23.3 Å². The van der Waals surface area contributed by atoms with Crippen LogP contribution in [0.3, 0.4) is 0 Å². The van der Waals surface area contributed by atoms with E-state index in [2.05, 4.69) is 10.6 Å². The largest absolute Gasteiger partial charge is 0.399 e. The summed E-state index contributed by atoms with van der Waals surface area (Å²) < 4.78 is 0. The maximum atomic E-state index is 11.6. The van der Waals surface area contributed by atoms with Gasteiger partial charge in [0.1, 0.15) is 0 Å². The number of anilines is 2. The van der Waals surface area contributed by atoms with E-state index in [9.17, 15) is 9.59 Å². The summed E-state index contributed by atoms with van der Waals surface area (Å²) >= 11 is 1.28. The number of carbonyl (C=O) groups is 2. The zero-order valence-electron chi connectivity index (χ0n) is 10.2. The fourth-order valence-electron chi connectivity index (χ4n) is 1.30. The van der Waals surface area contributed by atoms with Gasteiger partial charge < -0.3 is 16.4 Å². The molecule has 0 aliphatic heterocycles.